The van der Waals surface area contributed by atoms with Crippen LogP contribution in [-0.2, 0) is 14.3 Å². The fraction of sp³-hybridized carbons (Fsp3) is 0.429. The number of nitrogens with two attached hydrogens (primary N) is 1. The van der Waals surface area contributed by atoms with Crippen LogP contribution in [0.15, 0.2) is 24.3 Å². The normalized spacial score (nSPS) is 11.6. The van der Waals surface area contributed by atoms with Gasteiger partial charge in [0.2, 0.25) is 5.91 Å². The van der Waals surface area contributed by atoms with Crippen molar-refractivity contribution in [3.8, 4) is 5.75 Å². The van der Waals surface area contributed by atoms with Crippen LogP contribution in [0.25, 0.3) is 0 Å². The fourth-order valence-corrected chi connectivity index (χ4v) is 1.42. The van der Waals surface area contributed by atoms with Gasteiger partial charge in [-0.1, -0.05) is 0 Å². The fourth-order valence-electron chi connectivity index (χ4n) is 1.42. The molecule has 1 amide bonds. The van der Waals surface area contributed by atoms with Crippen LogP contribution in [0.2, 0.25) is 0 Å². The smallest absolute Gasteiger partial charge is 0.343 e. The molecular weight excluding hydrogens is 260 g/mol. The highest BCUT2D eigenvalue weighted by atomic mass is 16.6. The first-order valence-corrected chi connectivity index (χ1v) is 6.36. The highest BCUT2D eigenvalue weighted by Crippen LogP contribution is 2.16. The lowest BCUT2D eigenvalue weighted by molar-refractivity contribution is -0.142. The molecule has 0 bridgehead atoms. The molecule has 0 radical (unpaired) electrons. The predicted molar refractivity (Wildman–Crippen MR) is 75.5 cm³/mol. The molecular formula is C14H20N2O4. The number of carbonyl (C=O) groups excluding carboxylic acids is 2. The second-order valence-electron chi connectivity index (χ2n) is 4.45. The van der Waals surface area contributed by atoms with Gasteiger partial charge in [-0.3, -0.25) is 4.79 Å². The molecule has 110 valence electrons. The Labute approximate surface area is 118 Å². The first-order chi connectivity index (χ1) is 9.51. The van der Waals surface area contributed by atoms with E-state index in [1.165, 1.54) is 7.11 Å². The van der Waals surface area contributed by atoms with Crippen molar-refractivity contribution in [3.63, 3.8) is 0 Å². The number of nitrogens with one attached hydrogen (secondary N) is 1. The Morgan fingerprint density at radius 3 is 2.50 bits per heavy atom. The molecule has 1 unspecified atom stereocenters. The molecule has 0 fully saturated rings. The highest BCUT2D eigenvalue weighted by molar-refractivity contribution is 5.90. The molecule has 0 aromatic heterocycles. The van der Waals surface area contributed by atoms with Crippen LogP contribution in [0.4, 0.5) is 5.69 Å². The van der Waals surface area contributed by atoms with E-state index in [4.69, 9.17) is 10.5 Å². The molecule has 0 spiro atoms. The summed E-state index contributed by atoms with van der Waals surface area (Å²) in [5.74, 6) is 0.00722. The molecule has 0 heterocycles. The maximum atomic E-state index is 11.6. The van der Waals surface area contributed by atoms with Crippen LogP contribution in [0.3, 0.4) is 0 Å². The van der Waals surface area contributed by atoms with Gasteiger partial charge in [-0.2, -0.15) is 0 Å². The Morgan fingerprint density at radius 2 is 1.95 bits per heavy atom. The Balaban J connectivity index is 2.42. The van der Waals surface area contributed by atoms with Gasteiger partial charge in [0.05, 0.1) is 7.11 Å². The third-order valence-electron chi connectivity index (χ3n) is 2.55. The van der Waals surface area contributed by atoms with Gasteiger partial charge in [-0.15, -0.1) is 0 Å². The minimum atomic E-state index is -0.446. The first kappa shape index (κ1) is 16.0. The number of hydrogen-bond acceptors (Lipinski definition) is 5. The number of hydrogen-bond donors (Lipinski definition) is 2. The number of esters is 1. The lowest BCUT2D eigenvalue weighted by Gasteiger charge is -2.08. The van der Waals surface area contributed by atoms with E-state index in [2.05, 4.69) is 10.1 Å². The maximum Gasteiger partial charge on any atom is 0.343 e. The summed E-state index contributed by atoms with van der Waals surface area (Å²) < 4.78 is 9.66. The van der Waals surface area contributed by atoms with E-state index >= 15 is 0 Å². The van der Waals surface area contributed by atoms with Crippen LogP contribution in [0.1, 0.15) is 19.8 Å². The lowest BCUT2D eigenvalue weighted by Crippen LogP contribution is -2.19. The minimum Gasteiger partial charge on any atom is -0.482 e. The average molecular weight is 280 g/mol. The molecule has 6 heteroatoms. The summed E-state index contributed by atoms with van der Waals surface area (Å²) >= 11 is 0. The Bertz CT molecular complexity index is 443. The van der Waals surface area contributed by atoms with Gasteiger partial charge in [0.15, 0.2) is 6.61 Å². The summed E-state index contributed by atoms with van der Waals surface area (Å²) in [5, 5.41) is 2.76. The van der Waals surface area contributed by atoms with Crippen molar-refractivity contribution in [3.05, 3.63) is 24.3 Å². The quantitative estimate of drug-likeness (QED) is 0.735. The molecule has 0 aliphatic heterocycles. The molecule has 1 rings (SSSR count). The van der Waals surface area contributed by atoms with E-state index in [1.54, 1.807) is 24.3 Å². The van der Waals surface area contributed by atoms with Gasteiger partial charge in [0.1, 0.15) is 5.75 Å². The number of anilines is 1. The Morgan fingerprint density at radius 1 is 1.30 bits per heavy atom. The van der Waals surface area contributed by atoms with Gasteiger partial charge >= 0.3 is 5.97 Å². The van der Waals surface area contributed by atoms with Crippen molar-refractivity contribution in [1.29, 1.82) is 0 Å². The highest BCUT2D eigenvalue weighted by Gasteiger charge is 2.05. The van der Waals surface area contributed by atoms with Crippen molar-refractivity contribution < 1.29 is 19.1 Å². The molecule has 1 aromatic rings. The standard InChI is InChI=1S/C14H20N2O4/c1-10(15)3-8-13(17)16-11-4-6-12(7-5-11)20-9-14(18)19-2/h4-7,10H,3,8-9,15H2,1-2H3,(H,16,17). The van der Waals surface area contributed by atoms with Crippen LogP contribution in [-0.4, -0.2) is 31.6 Å². The average Bonchev–Trinajstić information content (AvgIpc) is 2.44. The van der Waals surface area contributed by atoms with Crippen molar-refractivity contribution in [1.82, 2.24) is 0 Å². The number of carbonyl (C=O) groups is 2. The molecule has 1 aromatic carbocycles. The van der Waals surface area contributed by atoms with Crippen molar-refractivity contribution in [2.24, 2.45) is 5.73 Å². The molecule has 20 heavy (non-hydrogen) atoms. The van der Waals surface area contributed by atoms with E-state index < -0.39 is 5.97 Å². The Kier molecular flexibility index (Phi) is 6.52. The predicted octanol–water partition coefficient (Wildman–Crippen LogP) is 1.30. The van der Waals surface area contributed by atoms with Gasteiger partial charge in [-0.05, 0) is 37.6 Å². The van der Waals surface area contributed by atoms with Crippen LogP contribution in [0.5, 0.6) is 5.75 Å². The van der Waals surface area contributed by atoms with Crippen LogP contribution in [0, 0.1) is 0 Å². The molecule has 1 atom stereocenters. The zero-order chi connectivity index (χ0) is 15.0. The maximum absolute atomic E-state index is 11.6. The SMILES string of the molecule is COC(=O)COc1ccc(NC(=O)CCC(C)N)cc1. The van der Waals surface area contributed by atoms with E-state index in [0.717, 1.165) is 0 Å². The molecule has 0 aliphatic rings. The summed E-state index contributed by atoms with van der Waals surface area (Å²) in [6.45, 7) is 1.72. The Hall–Kier alpha value is -2.08. The molecule has 0 saturated heterocycles. The van der Waals surface area contributed by atoms with Crippen molar-refractivity contribution in [2.45, 2.75) is 25.8 Å². The third kappa shape index (κ3) is 6.19. The van der Waals surface area contributed by atoms with E-state index in [0.29, 0.717) is 24.3 Å². The lowest BCUT2D eigenvalue weighted by atomic mass is 10.2. The van der Waals surface area contributed by atoms with E-state index in [1.807, 2.05) is 6.92 Å². The van der Waals surface area contributed by atoms with Gasteiger partial charge in [-0.25, -0.2) is 4.79 Å². The number of rotatable bonds is 7. The van der Waals surface area contributed by atoms with Gasteiger partial charge in [0, 0.05) is 18.2 Å². The number of benzene rings is 1. The zero-order valence-electron chi connectivity index (χ0n) is 11.7. The van der Waals surface area contributed by atoms with Crippen LogP contribution < -0.4 is 15.8 Å². The largest absolute Gasteiger partial charge is 0.482 e. The molecule has 6 nitrogen and oxygen atoms in total. The van der Waals surface area contributed by atoms with Crippen molar-refractivity contribution in [2.75, 3.05) is 19.0 Å². The number of ether oxygens (including phenoxy) is 2. The van der Waals surface area contributed by atoms with Crippen molar-refractivity contribution >= 4 is 17.6 Å². The topological polar surface area (TPSA) is 90.6 Å². The summed E-state index contributed by atoms with van der Waals surface area (Å²) in [4.78, 5) is 22.5. The first-order valence-electron chi connectivity index (χ1n) is 6.36. The molecule has 0 aliphatic carbocycles. The summed E-state index contributed by atoms with van der Waals surface area (Å²) in [7, 11) is 1.30. The number of methoxy groups -OCH3 is 1. The summed E-state index contributed by atoms with van der Waals surface area (Å²) in [6.07, 6.45) is 1.03. The van der Waals surface area contributed by atoms with E-state index in [-0.39, 0.29) is 18.6 Å². The van der Waals surface area contributed by atoms with E-state index in [9.17, 15) is 9.59 Å². The monoisotopic (exact) mass is 280 g/mol. The number of amides is 1. The molecule has 3 N–H and O–H groups in total. The second kappa shape index (κ2) is 8.16. The zero-order valence-corrected chi connectivity index (χ0v) is 11.7. The molecule has 0 saturated carbocycles. The van der Waals surface area contributed by atoms with Gasteiger partial charge in [0.25, 0.3) is 0 Å². The third-order valence-corrected chi connectivity index (χ3v) is 2.55. The van der Waals surface area contributed by atoms with Crippen LogP contribution >= 0.6 is 0 Å². The van der Waals surface area contributed by atoms with Gasteiger partial charge < -0.3 is 20.5 Å². The summed E-state index contributed by atoms with van der Waals surface area (Å²) in [5.41, 5.74) is 6.26. The summed E-state index contributed by atoms with van der Waals surface area (Å²) in [6, 6.07) is 6.76. The second-order valence-corrected chi connectivity index (χ2v) is 4.45. The minimum absolute atomic E-state index is 0.00912.